The Kier molecular flexibility index (Phi) is 6.30. The molecule has 0 saturated heterocycles. The molecular formula is C20H23N3O4S. The SMILES string of the molecule is COc1cc(CNC(=O)c2cnc3sccn3c2=O)ccc1OCCC(C)C. The highest BCUT2D eigenvalue weighted by molar-refractivity contribution is 7.15. The van der Waals surface area contributed by atoms with Crippen LogP contribution in [0.5, 0.6) is 11.5 Å². The molecule has 0 aliphatic rings. The second-order valence-corrected chi connectivity index (χ2v) is 7.60. The zero-order valence-electron chi connectivity index (χ0n) is 16.1. The number of amides is 1. The summed E-state index contributed by atoms with van der Waals surface area (Å²) in [6, 6.07) is 5.51. The lowest BCUT2D eigenvalue weighted by Gasteiger charge is -2.13. The first-order valence-corrected chi connectivity index (χ1v) is 9.90. The molecule has 1 aromatic carbocycles. The molecule has 28 heavy (non-hydrogen) atoms. The van der Waals surface area contributed by atoms with Crippen LogP contribution >= 0.6 is 11.3 Å². The van der Waals surface area contributed by atoms with Crippen LogP contribution in [-0.2, 0) is 6.54 Å². The minimum absolute atomic E-state index is 0.0107. The first-order chi connectivity index (χ1) is 13.5. The summed E-state index contributed by atoms with van der Waals surface area (Å²) in [5.74, 6) is 1.38. The number of carbonyl (C=O) groups excluding carboxylic acids is 1. The van der Waals surface area contributed by atoms with Gasteiger partial charge in [-0.15, -0.1) is 11.3 Å². The largest absolute Gasteiger partial charge is 0.493 e. The van der Waals surface area contributed by atoms with E-state index in [1.54, 1.807) is 18.7 Å². The number of nitrogens with one attached hydrogen (secondary N) is 1. The molecule has 0 aliphatic carbocycles. The number of carbonyl (C=O) groups is 1. The van der Waals surface area contributed by atoms with E-state index < -0.39 is 5.91 Å². The van der Waals surface area contributed by atoms with E-state index >= 15 is 0 Å². The number of hydrogen-bond acceptors (Lipinski definition) is 6. The van der Waals surface area contributed by atoms with Crippen LogP contribution in [0.25, 0.3) is 4.96 Å². The zero-order valence-corrected chi connectivity index (χ0v) is 16.9. The Morgan fingerprint density at radius 1 is 1.32 bits per heavy atom. The van der Waals surface area contributed by atoms with Gasteiger partial charge in [0.05, 0.1) is 13.7 Å². The third kappa shape index (κ3) is 4.51. The summed E-state index contributed by atoms with van der Waals surface area (Å²) in [5, 5.41) is 4.51. The van der Waals surface area contributed by atoms with Crippen molar-refractivity contribution in [3.8, 4) is 11.5 Å². The van der Waals surface area contributed by atoms with Gasteiger partial charge in [-0.3, -0.25) is 14.0 Å². The minimum atomic E-state index is -0.464. The van der Waals surface area contributed by atoms with Crippen LogP contribution in [0.3, 0.4) is 0 Å². The lowest BCUT2D eigenvalue weighted by molar-refractivity contribution is 0.0949. The second kappa shape index (κ2) is 8.88. The van der Waals surface area contributed by atoms with Crippen LogP contribution in [0.4, 0.5) is 0 Å². The third-order valence-corrected chi connectivity index (χ3v) is 4.99. The van der Waals surface area contributed by atoms with E-state index in [9.17, 15) is 9.59 Å². The van der Waals surface area contributed by atoms with Crippen molar-refractivity contribution in [3.05, 3.63) is 57.5 Å². The monoisotopic (exact) mass is 401 g/mol. The Balaban J connectivity index is 1.67. The number of methoxy groups -OCH3 is 1. The predicted molar refractivity (Wildman–Crippen MR) is 108 cm³/mol. The summed E-state index contributed by atoms with van der Waals surface area (Å²) >= 11 is 1.34. The van der Waals surface area contributed by atoms with Gasteiger partial charge in [-0.2, -0.15) is 0 Å². The van der Waals surface area contributed by atoms with Gasteiger partial charge >= 0.3 is 0 Å². The van der Waals surface area contributed by atoms with Crippen LogP contribution in [0.2, 0.25) is 0 Å². The predicted octanol–water partition coefficient (Wildman–Crippen LogP) is 3.12. The van der Waals surface area contributed by atoms with E-state index in [2.05, 4.69) is 24.1 Å². The number of hydrogen-bond donors (Lipinski definition) is 1. The minimum Gasteiger partial charge on any atom is -0.493 e. The molecule has 148 valence electrons. The molecule has 0 aliphatic heterocycles. The van der Waals surface area contributed by atoms with Crippen molar-refractivity contribution >= 4 is 22.2 Å². The molecule has 0 bridgehead atoms. The first kappa shape index (κ1) is 19.9. The van der Waals surface area contributed by atoms with Gasteiger partial charge in [-0.25, -0.2) is 4.98 Å². The fraction of sp³-hybridized carbons (Fsp3) is 0.350. The Labute approximate surface area is 166 Å². The van der Waals surface area contributed by atoms with Crippen molar-refractivity contribution in [2.24, 2.45) is 5.92 Å². The van der Waals surface area contributed by atoms with E-state index in [0.29, 0.717) is 29.0 Å². The van der Waals surface area contributed by atoms with Gasteiger partial charge in [0.2, 0.25) is 0 Å². The number of ether oxygens (including phenoxy) is 2. The summed E-state index contributed by atoms with van der Waals surface area (Å²) in [7, 11) is 1.58. The molecule has 0 fully saturated rings. The average molecular weight is 401 g/mol. The Hall–Kier alpha value is -2.87. The van der Waals surface area contributed by atoms with Gasteiger partial charge in [-0.05, 0) is 30.0 Å². The van der Waals surface area contributed by atoms with Crippen molar-refractivity contribution < 1.29 is 14.3 Å². The van der Waals surface area contributed by atoms with Crippen molar-refractivity contribution in [2.75, 3.05) is 13.7 Å². The first-order valence-electron chi connectivity index (χ1n) is 9.02. The van der Waals surface area contributed by atoms with Crippen molar-refractivity contribution in [2.45, 2.75) is 26.8 Å². The lowest BCUT2D eigenvalue weighted by atomic mass is 10.1. The van der Waals surface area contributed by atoms with Crippen LogP contribution in [0.15, 0.2) is 40.8 Å². The molecular weight excluding hydrogens is 378 g/mol. The van der Waals surface area contributed by atoms with Crippen molar-refractivity contribution in [1.82, 2.24) is 14.7 Å². The highest BCUT2D eigenvalue weighted by Gasteiger charge is 2.14. The van der Waals surface area contributed by atoms with E-state index in [1.807, 2.05) is 18.2 Å². The maximum absolute atomic E-state index is 12.4. The second-order valence-electron chi connectivity index (χ2n) is 6.73. The molecule has 0 saturated carbocycles. The maximum atomic E-state index is 12.4. The van der Waals surface area contributed by atoms with Crippen LogP contribution in [0.1, 0.15) is 36.2 Å². The van der Waals surface area contributed by atoms with Crippen molar-refractivity contribution in [3.63, 3.8) is 0 Å². The summed E-state index contributed by atoms with van der Waals surface area (Å²) in [6.07, 6.45) is 3.88. The molecule has 8 heteroatoms. The topological polar surface area (TPSA) is 81.9 Å². The summed E-state index contributed by atoms with van der Waals surface area (Å²) < 4.78 is 12.5. The Morgan fingerprint density at radius 3 is 2.89 bits per heavy atom. The molecule has 0 radical (unpaired) electrons. The van der Waals surface area contributed by atoms with E-state index in [1.165, 1.54) is 21.9 Å². The Morgan fingerprint density at radius 2 is 2.14 bits per heavy atom. The molecule has 1 amide bonds. The molecule has 7 nitrogen and oxygen atoms in total. The lowest BCUT2D eigenvalue weighted by Crippen LogP contribution is -2.30. The molecule has 1 N–H and O–H groups in total. The summed E-state index contributed by atoms with van der Waals surface area (Å²) in [4.78, 5) is 29.5. The number of benzene rings is 1. The molecule has 3 aromatic rings. The highest BCUT2D eigenvalue weighted by Crippen LogP contribution is 2.28. The van der Waals surface area contributed by atoms with Crippen LogP contribution < -0.4 is 20.3 Å². The van der Waals surface area contributed by atoms with Gasteiger partial charge in [0.25, 0.3) is 11.5 Å². The molecule has 0 atom stereocenters. The van der Waals surface area contributed by atoms with Crippen molar-refractivity contribution in [1.29, 1.82) is 0 Å². The zero-order chi connectivity index (χ0) is 20.1. The fourth-order valence-corrected chi connectivity index (χ4v) is 3.28. The standard InChI is InChI=1S/C20H23N3O4S/c1-13(2)6-8-27-16-5-4-14(10-17(16)26-3)11-21-18(24)15-12-22-20-23(19(15)25)7-9-28-20/h4-5,7,9-10,12-13H,6,8,11H2,1-3H3,(H,21,24). The van der Waals surface area contributed by atoms with E-state index in [0.717, 1.165) is 12.0 Å². The number of thiazole rings is 1. The van der Waals surface area contributed by atoms with Gasteiger partial charge < -0.3 is 14.8 Å². The maximum Gasteiger partial charge on any atom is 0.271 e. The number of nitrogens with zero attached hydrogens (tertiary/aromatic N) is 2. The summed E-state index contributed by atoms with van der Waals surface area (Å²) in [5.41, 5.74) is 0.470. The van der Waals surface area contributed by atoms with Gasteiger partial charge in [0, 0.05) is 24.3 Å². The van der Waals surface area contributed by atoms with Crippen LogP contribution in [0, 0.1) is 5.92 Å². The molecule has 3 rings (SSSR count). The number of rotatable bonds is 8. The number of aromatic nitrogens is 2. The number of fused-ring (bicyclic) bond motifs is 1. The fourth-order valence-electron chi connectivity index (χ4n) is 2.60. The van der Waals surface area contributed by atoms with E-state index in [-0.39, 0.29) is 17.7 Å². The molecule has 0 unspecified atom stereocenters. The van der Waals surface area contributed by atoms with E-state index in [4.69, 9.17) is 9.47 Å². The highest BCUT2D eigenvalue weighted by atomic mass is 32.1. The van der Waals surface area contributed by atoms with Gasteiger partial charge in [0.1, 0.15) is 5.56 Å². The third-order valence-electron chi connectivity index (χ3n) is 4.22. The Bertz CT molecular complexity index is 1030. The molecule has 2 heterocycles. The average Bonchev–Trinajstić information content (AvgIpc) is 3.16. The smallest absolute Gasteiger partial charge is 0.271 e. The summed E-state index contributed by atoms with van der Waals surface area (Å²) in [6.45, 7) is 5.16. The molecule has 0 spiro atoms. The van der Waals surface area contributed by atoms with Gasteiger partial charge in [0.15, 0.2) is 16.5 Å². The normalized spacial score (nSPS) is 11.0. The van der Waals surface area contributed by atoms with Gasteiger partial charge in [-0.1, -0.05) is 19.9 Å². The quantitative estimate of drug-likeness (QED) is 0.627. The molecule has 2 aromatic heterocycles. The van der Waals surface area contributed by atoms with Crippen LogP contribution in [-0.4, -0.2) is 29.0 Å².